The van der Waals surface area contributed by atoms with Gasteiger partial charge in [-0.05, 0) is 12.0 Å². The molecule has 0 aromatic carbocycles. The Bertz CT molecular complexity index is 281. The molecule has 1 rings (SSSR count). The molecule has 11 heavy (non-hydrogen) atoms. The molecular weight excluding hydrogens is 251 g/mol. The van der Waals surface area contributed by atoms with E-state index in [2.05, 4.69) is 15.9 Å². The molecule has 5 heteroatoms. The van der Waals surface area contributed by atoms with Crippen LogP contribution >= 0.6 is 27.5 Å². The van der Waals surface area contributed by atoms with Crippen molar-refractivity contribution in [3.05, 3.63) is 10.6 Å². The lowest BCUT2D eigenvalue weighted by Crippen LogP contribution is -2.19. The Kier molecular flexibility index (Phi) is 3.00. The number of allylic oxidation sites excluding steroid dienone is 1. The normalized spacial score (nSPS) is 23.8. The van der Waals surface area contributed by atoms with Crippen molar-refractivity contribution in [2.45, 2.75) is 6.42 Å². The van der Waals surface area contributed by atoms with E-state index in [0.717, 1.165) is 5.57 Å². The zero-order chi connectivity index (χ0) is 8.48. The number of halogens is 2. The van der Waals surface area contributed by atoms with Gasteiger partial charge in [0.15, 0.2) is 9.84 Å². The molecule has 0 amide bonds. The standard InChI is InChI=1S/C6H8BrClO2S/c7-3-5-4-11(9,10)2-1-6(5)8/h1-4H2. The van der Waals surface area contributed by atoms with E-state index in [0.29, 0.717) is 16.8 Å². The predicted molar refractivity (Wildman–Crippen MR) is 49.9 cm³/mol. The third kappa shape index (κ3) is 2.46. The zero-order valence-electron chi connectivity index (χ0n) is 5.81. The van der Waals surface area contributed by atoms with Crippen LogP contribution < -0.4 is 0 Å². The number of sulfone groups is 1. The van der Waals surface area contributed by atoms with E-state index in [-0.39, 0.29) is 11.5 Å². The summed E-state index contributed by atoms with van der Waals surface area (Å²) in [4.78, 5) is 0. The van der Waals surface area contributed by atoms with Crippen molar-refractivity contribution in [1.82, 2.24) is 0 Å². The Morgan fingerprint density at radius 2 is 2.18 bits per heavy atom. The third-order valence-corrected chi connectivity index (χ3v) is 4.32. The van der Waals surface area contributed by atoms with E-state index in [1.165, 1.54) is 0 Å². The molecule has 0 N–H and O–H groups in total. The molecule has 2 nitrogen and oxygen atoms in total. The molecule has 0 aromatic heterocycles. The smallest absolute Gasteiger partial charge is 0.154 e. The van der Waals surface area contributed by atoms with E-state index in [1.807, 2.05) is 0 Å². The number of hydrogen-bond donors (Lipinski definition) is 0. The molecule has 0 aromatic rings. The van der Waals surface area contributed by atoms with Crippen molar-refractivity contribution in [2.75, 3.05) is 16.8 Å². The second-order valence-electron chi connectivity index (χ2n) is 2.48. The fraction of sp³-hybridized carbons (Fsp3) is 0.667. The molecule has 0 fully saturated rings. The predicted octanol–water partition coefficient (Wildman–Crippen LogP) is 1.69. The molecule has 0 atom stereocenters. The van der Waals surface area contributed by atoms with E-state index in [1.54, 1.807) is 0 Å². The van der Waals surface area contributed by atoms with Gasteiger partial charge < -0.3 is 0 Å². The minimum Gasteiger partial charge on any atom is -0.228 e. The fourth-order valence-corrected chi connectivity index (χ4v) is 3.80. The number of alkyl halides is 1. The van der Waals surface area contributed by atoms with Crippen LogP contribution in [0.5, 0.6) is 0 Å². The number of hydrogen-bond acceptors (Lipinski definition) is 2. The molecule has 64 valence electrons. The van der Waals surface area contributed by atoms with E-state index >= 15 is 0 Å². The van der Waals surface area contributed by atoms with Crippen molar-refractivity contribution >= 4 is 37.4 Å². The first-order valence-electron chi connectivity index (χ1n) is 3.18. The second-order valence-corrected chi connectivity index (χ2v) is 5.69. The maximum Gasteiger partial charge on any atom is 0.154 e. The summed E-state index contributed by atoms with van der Waals surface area (Å²) in [5.74, 6) is 0.319. The highest BCUT2D eigenvalue weighted by Crippen LogP contribution is 2.23. The van der Waals surface area contributed by atoms with Crippen LogP contribution in [0.4, 0.5) is 0 Å². The first-order valence-corrected chi connectivity index (χ1v) is 6.50. The highest BCUT2D eigenvalue weighted by atomic mass is 79.9. The summed E-state index contributed by atoms with van der Waals surface area (Å²) < 4.78 is 22.1. The summed E-state index contributed by atoms with van der Waals surface area (Å²) in [6, 6.07) is 0. The molecule has 0 saturated heterocycles. The molecule has 0 saturated carbocycles. The first-order chi connectivity index (χ1) is 5.05. The van der Waals surface area contributed by atoms with E-state index in [4.69, 9.17) is 11.6 Å². The zero-order valence-corrected chi connectivity index (χ0v) is 8.97. The Hall–Kier alpha value is 0.460. The van der Waals surface area contributed by atoms with Gasteiger partial charge in [-0.15, -0.1) is 0 Å². The lowest BCUT2D eigenvalue weighted by molar-refractivity contribution is 0.595. The monoisotopic (exact) mass is 258 g/mol. The van der Waals surface area contributed by atoms with Gasteiger partial charge in [0.05, 0.1) is 11.5 Å². The second kappa shape index (κ2) is 3.46. The first kappa shape index (κ1) is 9.55. The average Bonchev–Trinajstić information content (AvgIpc) is 1.94. The summed E-state index contributed by atoms with van der Waals surface area (Å²) in [6.07, 6.45) is 0.477. The summed E-state index contributed by atoms with van der Waals surface area (Å²) >= 11 is 8.99. The Morgan fingerprint density at radius 3 is 2.64 bits per heavy atom. The molecule has 0 aliphatic carbocycles. The minimum absolute atomic E-state index is 0.122. The third-order valence-electron chi connectivity index (χ3n) is 1.57. The lowest BCUT2D eigenvalue weighted by atomic mass is 10.3. The summed E-state index contributed by atoms with van der Waals surface area (Å²) in [5.41, 5.74) is 0.804. The SMILES string of the molecule is O=S1(=O)CCC(Cl)=C(CBr)C1. The molecule has 1 heterocycles. The van der Waals surface area contributed by atoms with Gasteiger partial charge in [0.2, 0.25) is 0 Å². The van der Waals surface area contributed by atoms with Gasteiger partial charge in [0.25, 0.3) is 0 Å². The van der Waals surface area contributed by atoms with Crippen molar-refractivity contribution in [2.24, 2.45) is 0 Å². The Balaban J connectivity index is 2.91. The van der Waals surface area contributed by atoms with Gasteiger partial charge in [-0.1, -0.05) is 27.5 Å². The van der Waals surface area contributed by atoms with Crippen LogP contribution in [0.1, 0.15) is 6.42 Å². The van der Waals surface area contributed by atoms with Crippen LogP contribution in [-0.2, 0) is 9.84 Å². The molecular formula is C6H8BrClO2S. The molecule has 0 unspecified atom stereocenters. The topological polar surface area (TPSA) is 34.1 Å². The highest BCUT2D eigenvalue weighted by Gasteiger charge is 2.21. The van der Waals surface area contributed by atoms with Gasteiger partial charge in [0.1, 0.15) is 0 Å². The molecule has 1 aliphatic heterocycles. The Labute approximate surface area is 79.7 Å². The Morgan fingerprint density at radius 1 is 1.55 bits per heavy atom. The van der Waals surface area contributed by atoms with Crippen LogP contribution in [-0.4, -0.2) is 25.3 Å². The summed E-state index contributed by atoms with van der Waals surface area (Å²) in [5, 5.41) is 1.27. The molecule has 1 aliphatic rings. The quantitative estimate of drug-likeness (QED) is 0.672. The highest BCUT2D eigenvalue weighted by molar-refractivity contribution is 9.09. The average molecular weight is 260 g/mol. The van der Waals surface area contributed by atoms with Crippen molar-refractivity contribution in [1.29, 1.82) is 0 Å². The fourth-order valence-electron chi connectivity index (χ4n) is 0.949. The maximum absolute atomic E-state index is 11.1. The maximum atomic E-state index is 11.1. The van der Waals surface area contributed by atoms with Crippen LogP contribution in [0.3, 0.4) is 0 Å². The van der Waals surface area contributed by atoms with Crippen LogP contribution in [0.25, 0.3) is 0 Å². The molecule has 0 spiro atoms. The van der Waals surface area contributed by atoms with Crippen molar-refractivity contribution < 1.29 is 8.42 Å². The number of rotatable bonds is 1. The van der Waals surface area contributed by atoms with Gasteiger partial charge >= 0.3 is 0 Å². The molecule has 0 bridgehead atoms. The van der Waals surface area contributed by atoms with Crippen molar-refractivity contribution in [3.63, 3.8) is 0 Å². The lowest BCUT2D eigenvalue weighted by Gasteiger charge is -2.14. The summed E-state index contributed by atoms with van der Waals surface area (Å²) in [7, 11) is -2.85. The van der Waals surface area contributed by atoms with Gasteiger partial charge in [-0.2, -0.15) is 0 Å². The van der Waals surface area contributed by atoms with E-state index in [9.17, 15) is 8.42 Å². The van der Waals surface area contributed by atoms with Gasteiger partial charge in [-0.3, -0.25) is 0 Å². The van der Waals surface area contributed by atoms with Crippen LogP contribution in [0, 0.1) is 0 Å². The van der Waals surface area contributed by atoms with Crippen LogP contribution in [0.2, 0.25) is 0 Å². The summed E-state index contributed by atoms with van der Waals surface area (Å²) in [6.45, 7) is 0. The molecule has 0 radical (unpaired) electrons. The van der Waals surface area contributed by atoms with Crippen LogP contribution in [0.15, 0.2) is 10.6 Å². The van der Waals surface area contributed by atoms with Gasteiger partial charge in [0, 0.05) is 10.4 Å². The van der Waals surface area contributed by atoms with Crippen molar-refractivity contribution in [3.8, 4) is 0 Å². The minimum atomic E-state index is -2.85. The van der Waals surface area contributed by atoms with E-state index < -0.39 is 9.84 Å². The van der Waals surface area contributed by atoms with Gasteiger partial charge in [-0.25, -0.2) is 8.42 Å². The largest absolute Gasteiger partial charge is 0.228 e.